The minimum atomic E-state index is -0.539. The summed E-state index contributed by atoms with van der Waals surface area (Å²) in [6.45, 7) is 1.96. The number of nitrogens with two attached hydrogens (primary N) is 1. The number of hydrogen-bond donors (Lipinski definition) is 1. The predicted molar refractivity (Wildman–Crippen MR) is 61.9 cm³/mol. The fraction of sp³-hybridized carbons (Fsp3) is 0.182. The third-order valence-electron chi connectivity index (χ3n) is 1.97. The fourth-order valence-electron chi connectivity index (χ4n) is 1.17. The van der Waals surface area contributed by atoms with Crippen molar-refractivity contribution in [2.45, 2.75) is 6.92 Å². The molecule has 0 spiro atoms. The Balaban J connectivity index is 2.86. The molecule has 0 amide bonds. The summed E-state index contributed by atoms with van der Waals surface area (Å²) < 4.78 is 4.69. The molecule has 0 radical (unpaired) electrons. The van der Waals surface area contributed by atoms with Crippen LogP contribution in [0.5, 0.6) is 0 Å². The van der Waals surface area contributed by atoms with Crippen LogP contribution in [0.4, 0.5) is 5.69 Å². The van der Waals surface area contributed by atoms with Gasteiger partial charge in [0.15, 0.2) is 0 Å². The molecule has 6 nitrogen and oxygen atoms in total. The van der Waals surface area contributed by atoms with E-state index < -0.39 is 10.9 Å². The van der Waals surface area contributed by atoms with E-state index in [2.05, 4.69) is 0 Å². The summed E-state index contributed by atoms with van der Waals surface area (Å²) in [5, 5.41) is 10.4. The topological polar surface area (TPSA) is 95.5 Å². The number of rotatable bonds is 4. The van der Waals surface area contributed by atoms with Gasteiger partial charge in [-0.15, -0.1) is 0 Å². The van der Waals surface area contributed by atoms with Crippen molar-refractivity contribution in [2.24, 2.45) is 5.73 Å². The number of benzene rings is 1. The first-order valence-corrected chi connectivity index (χ1v) is 4.93. The molecule has 0 fully saturated rings. The normalized spacial score (nSPS) is 11.0. The second-order valence-electron chi connectivity index (χ2n) is 3.16. The Morgan fingerprint density at radius 1 is 1.47 bits per heavy atom. The second-order valence-corrected chi connectivity index (χ2v) is 3.16. The van der Waals surface area contributed by atoms with Gasteiger partial charge in [-0.3, -0.25) is 10.1 Å². The lowest BCUT2D eigenvalue weighted by molar-refractivity contribution is -0.384. The fourth-order valence-corrected chi connectivity index (χ4v) is 1.17. The van der Waals surface area contributed by atoms with Crippen LogP contribution < -0.4 is 5.73 Å². The Bertz CT molecular complexity index is 451. The van der Waals surface area contributed by atoms with E-state index in [-0.39, 0.29) is 18.0 Å². The van der Waals surface area contributed by atoms with Gasteiger partial charge in [0.1, 0.15) is 0 Å². The van der Waals surface area contributed by atoms with Crippen molar-refractivity contribution in [2.75, 3.05) is 6.61 Å². The molecule has 0 aliphatic rings. The van der Waals surface area contributed by atoms with Crippen LogP contribution in [-0.2, 0) is 9.53 Å². The predicted octanol–water partition coefficient (Wildman–Crippen LogP) is 1.46. The van der Waals surface area contributed by atoms with Crippen LogP contribution in [-0.4, -0.2) is 17.5 Å². The zero-order valence-corrected chi connectivity index (χ0v) is 9.25. The molecular weight excluding hydrogens is 224 g/mol. The summed E-state index contributed by atoms with van der Waals surface area (Å²) in [6, 6.07) is 5.59. The Kier molecular flexibility index (Phi) is 4.21. The number of nitrogens with zero attached hydrogens (tertiary/aromatic N) is 1. The number of esters is 1. The van der Waals surface area contributed by atoms with Gasteiger partial charge in [0, 0.05) is 23.9 Å². The number of carbonyl (C=O) groups excluding carboxylic acids is 1. The quantitative estimate of drug-likeness (QED) is 0.369. The molecule has 0 atom stereocenters. The van der Waals surface area contributed by atoms with Crippen LogP contribution in [0.2, 0.25) is 0 Å². The maximum Gasteiger partial charge on any atom is 0.332 e. The molecule has 90 valence electrons. The molecule has 1 rings (SSSR count). The van der Waals surface area contributed by atoms with E-state index >= 15 is 0 Å². The van der Waals surface area contributed by atoms with E-state index in [1.807, 2.05) is 0 Å². The summed E-state index contributed by atoms with van der Waals surface area (Å²) in [7, 11) is 0. The third kappa shape index (κ3) is 3.60. The summed E-state index contributed by atoms with van der Waals surface area (Å²) in [6.07, 6.45) is 1.14. The monoisotopic (exact) mass is 236 g/mol. The Morgan fingerprint density at radius 3 is 2.53 bits per heavy atom. The number of nitro benzene ring substituents is 1. The molecule has 0 aromatic heterocycles. The molecule has 0 aliphatic heterocycles. The molecule has 0 aliphatic carbocycles. The number of ether oxygens (including phenoxy) is 1. The van der Waals surface area contributed by atoms with E-state index in [0.717, 1.165) is 6.08 Å². The highest BCUT2D eigenvalue weighted by Gasteiger charge is 2.06. The lowest BCUT2D eigenvalue weighted by Crippen LogP contribution is -2.05. The minimum absolute atomic E-state index is 0.0299. The maximum absolute atomic E-state index is 11.1. The van der Waals surface area contributed by atoms with Gasteiger partial charge in [-0.25, -0.2) is 4.79 Å². The smallest absolute Gasteiger partial charge is 0.332 e. The van der Waals surface area contributed by atoms with E-state index in [1.54, 1.807) is 6.92 Å². The minimum Gasteiger partial charge on any atom is -0.463 e. The largest absolute Gasteiger partial charge is 0.463 e. The lowest BCUT2D eigenvalue weighted by Gasteiger charge is -2.01. The van der Waals surface area contributed by atoms with Crippen LogP contribution in [0.3, 0.4) is 0 Å². The first-order valence-electron chi connectivity index (χ1n) is 4.93. The molecular formula is C11H12N2O4. The van der Waals surface area contributed by atoms with Crippen molar-refractivity contribution < 1.29 is 14.5 Å². The molecule has 0 saturated heterocycles. The molecule has 0 unspecified atom stereocenters. The van der Waals surface area contributed by atoms with E-state index in [1.165, 1.54) is 24.3 Å². The molecule has 1 aromatic rings. The van der Waals surface area contributed by atoms with E-state index in [0.29, 0.717) is 5.56 Å². The Morgan fingerprint density at radius 2 is 2.06 bits per heavy atom. The molecule has 0 bridgehead atoms. The highest BCUT2D eigenvalue weighted by atomic mass is 16.6. The maximum atomic E-state index is 11.1. The van der Waals surface area contributed by atoms with Gasteiger partial charge in [0.2, 0.25) is 0 Å². The van der Waals surface area contributed by atoms with Gasteiger partial charge in [0.05, 0.1) is 11.5 Å². The molecule has 6 heteroatoms. The van der Waals surface area contributed by atoms with Crippen LogP contribution in [0, 0.1) is 10.1 Å². The zero-order valence-electron chi connectivity index (χ0n) is 9.25. The Hall–Kier alpha value is -2.37. The van der Waals surface area contributed by atoms with Gasteiger partial charge in [-0.05, 0) is 24.6 Å². The van der Waals surface area contributed by atoms with Crippen LogP contribution in [0.25, 0.3) is 5.70 Å². The number of hydrogen-bond acceptors (Lipinski definition) is 5. The summed E-state index contributed by atoms with van der Waals surface area (Å²) in [5.74, 6) is -0.539. The van der Waals surface area contributed by atoms with E-state index in [4.69, 9.17) is 10.5 Å². The van der Waals surface area contributed by atoms with Gasteiger partial charge >= 0.3 is 5.97 Å². The summed E-state index contributed by atoms with van der Waals surface area (Å²) in [4.78, 5) is 21.0. The molecule has 0 heterocycles. The summed E-state index contributed by atoms with van der Waals surface area (Å²) in [5.41, 5.74) is 6.35. The number of carbonyl (C=O) groups is 1. The van der Waals surface area contributed by atoms with Gasteiger partial charge < -0.3 is 10.5 Å². The Labute approximate surface area is 97.8 Å². The standard InChI is InChI=1S/C11H12N2O4/c1-2-17-11(14)7-10(12)8-3-5-9(6-4-8)13(15)16/h3-7H,2,12H2,1H3/b10-7-. The second kappa shape index (κ2) is 5.64. The van der Waals surface area contributed by atoms with Gasteiger partial charge in [-0.2, -0.15) is 0 Å². The van der Waals surface area contributed by atoms with Crippen molar-refractivity contribution in [3.8, 4) is 0 Å². The van der Waals surface area contributed by atoms with Crippen molar-refractivity contribution in [1.82, 2.24) is 0 Å². The molecule has 0 saturated carbocycles. The van der Waals surface area contributed by atoms with Crippen LogP contribution in [0.1, 0.15) is 12.5 Å². The SMILES string of the molecule is CCOC(=O)/C=C(\N)c1ccc([N+](=O)[O-])cc1. The van der Waals surface area contributed by atoms with Crippen LogP contribution >= 0.6 is 0 Å². The third-order valence-corrected chi connectivity index (χ3v) is 1.97. The molecule has 1 aromatic carbocycles. The first-order chi connectivity index (χ1) is 8.04. The molecule has 17 heavy (non-hydrogen) atoms. The van der Waals surface area contributed by atoms with Crippen molar-refractivity contribution in [3.05, 3.63) is 46.0 Å². The highest BCUT2D eigenvalue weighted by Crippen LogP contribution is 2.15. The van der Waals surface area contributed by atoms with Gasteiger partial charge in [0.25, 0.3) is 5.69 Å². The van der Waals surface area contributed by atoms with E-state index in [9.17, 15) is 14.9 Å². The highest BCUT2D eigenvalue weighted by molar-refractivity contribution is 5.90. The average Bonchev–Trinajstić information content (AvgIpc) is 2.29. The summed E-state index contributed by atoms with van der Waals surface area (Å²) >= 11 is 0. The van der Waals surface area contributed by atoms with Gasteiger partial charge in [-0.1, -0.05) is 0 Å². The number of non-ortho nitro benzene ring substituents is 1. The lowest BCUT2D eigenvalue weighted by atomic mass is 10.1. The van der Waals surface area contributed by atoms with Crippen molar-refractivity contribution in [1.29, 1.82) is 0 Å². The zero-order chi connectivity index (χ0) is 12.8. The van der Waals surface area contributed by atoms with Crippen molar-refractivity contribution in [3.63, 3.8) is 0 Å². The van der Waals surface area contributed by atoms with Crippen molar-refractivity contribution >= 4 is 17.4 Å². The average molecular weight is 236 g/mol. The first kappa shape index (κ1) is 12.7. The van der Waals surface area contributed by atoms with Crippen LogP contribution in [0.15, 0.2) is 30.3 Å². The molecule has 2 N–H and O–H groups in total. The number of nitro groups is 1.